The minimum absolute atomic E-state index is 0.283. The molecule has 3 aromatic rings. The van der Waals surface area contributed by atoms with Crippen molar-refractivity contribution >= 4 is 11.3 Å². The summed E-state index contributed by atoms with van der Waals surface area (Å²) >= 11 is 1.74. The molecule has 0 atom stereocenters. The van der Waals surface area contributed by atoms with Gasteiger partial charge in [0, 0.05) is 49.6 Å². The zero-order valence-electron chi connectivity index (χ0n) is 16.5. The molecule has 28 heavy (non-hydrogen) atoms. The minimum atomic E-state index is -0.283. The van der Waals surface area contributed by atoms with Crippen molar-refractivity contribution < 1.29 is 4.74 Å². The number of hydrogen-bond acceptors (Lipinski definition) is 5. The summed E-state index contributed by atoms with van der Waals surface area (Å²) in [5, 5.41) is 3.25. The van der Waals surface area contributed by atoms with Gasteiger partial charge in [-0.05, 0) is 18.1 Å². The Morgan fingerprint density at radius 3 is 2.75 bits per heavy atom. The molecule has 1 saturated heterocycles. The third kappa shape index (κ3) is 3.05. The molecule has 2 aliphatic heterocycles. The fourth-order valence-corrected chi connectivity index (χ4v) is 5.19. The molecule has 0 bridgehead atoms. The number of imidazole rings is 1. The van der Waals surface area contributed by atoms with Crippen LogP contribution in [-0.2, 0) is 18.7 Å². The van der Waals surface area contributed by atoms with Gasteiger partial charge in [0.25, 0.3) is 0 Å². The lowest BCUT2D eigenvalue weighted by molar-refractivity contribution is -0.0133. The molecule has 5 rings (SSSR count). The molecular formula is C22H26N4OS. The monoisotopic (exact) mass is 394 g/mol. The van der Waals surface area contributed by atoms with Crippen LogP contribution in [0.25, 0.3) is 11.3 Å². The third-order valence-electron chi connectivity index (χ3n) is 5.78. The fourth-order valence-electron chi connectivity index (χ4n) is 4.53. The first-order valence-corrected chi connectivity index (χ1v) is 11.0. The molecule has 1 spiro atoms. The van der Waals surface area contributed by atoms with Crippen molar-refractivity contribution in [1.82, 2.24) is 19.4 Å². The van der Waals surface area contributed by atoms with E-state index in [1.54, 1.807) is 11.3 Å². The van der Waals surface area contributed by atoms with Gasteiger partial charge in [-0.3, -0.25) is 4.90 Å². The Hall–Kier alpha value is -2.18. The Morgan fingerprint density at radius 2 is 2.00 bits per heavy atom. The normalized spacial score (nSPS) is 18.1. The maximum Gasteiger partial charge on any atom is 0.153 e. The highest BCUT2D eigenvalue weighted by Crippen LogP contribution is 2.49. The summed E-state index contributed by atoms with van der Waals surface area (Å²) in [5.41, 5.74) is 3.22. The largest absolute Gasteiger partial charge is 0.480 e. The van der Waals surface area contributed by atoms with E-state index < -0.39 is 0 Å². The van der Waals surface area contributed by atoms with Gasteiger partial charge in [-0.1, -0.05) is 26.0 Å². The maximum atomic E-state index is 6.75. The van der Waals surface area contributed by atoms with Crippen LogP contribution >= 0.6 is 11.3 Å². The summed E-state index contributed by atoms with van der Waals surface area (Å²) < 4.78 is 9.09. The molecule has 0 unspecified atom stereocenters. The SMILES string of the molecule is CC(C)Cn1cnc2c1C1(CCN(Cc3nccs3)CC1)Oc1ccccc1-2. The second-order valence-corrected chi connectivity index (χ2v) is 9.26. The summed E-state index contributed by atoms with van der Waals surface area (Å²) in [6.45, 7) is 8.43. The van der Waals surface area contributed by atoms with Gasteiger partial charge >= 0.3 is 0 Å². The topological polar surface area (TPSA) is 43.2 Å². The van der Waals surface area contributed by atoms with E-state index in [1.807, 2.05) is 12.5 Å². The molecule has 146 valence electrons. The average molecular weight is 395 g/mol. The Bertz CT molecular complexity index is 955. The van der Waals surface area contributed by atoms with E-state index in [0.29, 0.717) is 5.92 Å². The van der Waals surface area contributed by atoms with Crippen LogP contribution < -0.4 is 4.74 Å². The highest BCUT2D eigenvalue weighted by Gasteiger charge is 2.46. The number of fused-ring (bicyclic) bond motifs is 4. The smallest absolute Gasteiger partial charge is 0.153 e. The Kier molecular flexibility index (Phi) is 4.48. The molecule has 0 aliphatic carbocycles. The molecule has 6 heteroatoms. The second-order valence-electron chi connectivity index (χ2n) is 8.28. The van der Waals surface area contributed by atoms with E-state index in [1.165, 1.54) is 10.7 Å². The van der Waals surface area contributed by atoms with E-state index in [9.17, 15) is 0 Å². The molecule has 1 aromatic carbocycles. The molecule has 2 aromatic heterocycles. The van der Waals surface area contributed by atoms with E-state index in [-0.39, 0.29) is 5.60 Å². The number of benzene rings is 1. The average Bonchev–Trinajstić information content (AvgIpc) is 3.34. The Morgan fingerprint density at radius 1 is 1.18 bits per heavy atom. The fraction of sp³-hybridized carbons (Fsp3) is 0.455. The number of rotatable bonds is 4. The molecular weight excluding hydrogens is 368 g/mol. The van der Waals surface area contributed by atoms with Crippen LogP contribution in [0.3, 0.4) is 0 Å². The molecule has 1 fully saturated rings. The summed E-state index contributed by atoms with van der Waals surface area (Å²) in [6.07, 6.45) is 5.86. The zero-order valence-corrected chi connectivity index (χ0v) is 17.3. The summed E-state index contributed by atoms with van der Waals surface area (Å²) in [6, 6.07) is 8.34. The molecule has 5 nitrogen and oxygen atoms in total. The van der Waals surface area contributed by atoms with Gasteiger partial charge in [0.2, 0.25) is 0 Å². The van der Waals surface area contributed by atoms with Gasteiger partial charge in [0.05, 0.1) is 24.3 Å². The van der Waals surface area contributed by atoms with Gasteiger partial charge in [-0.15, -0.1) is 11.3 Å². The molecule has 0 N–H and O–H groups in total. The number of nitrogens with zero attached hydrogens (tertiary/aromatic N) is 4. The second kappa shape index (κ2) is 7.01. The lowest BCUT2D eigenvalue weighted by atomic mass is 9.83. The molecule has 4 heterocycles. The predicted molar refractivity (Wildman–Crippen MR) is 111 cm³/mol. The number of aromatic nitrogens is 3. The summed E-state index contributed by atoms with van der Waals surface area (Å²) in [5.74, 6) is 1.54. The van der Waals surface area contributed by atoms with Gasteiger partial charge in [-0.25, -0.2) is 9.97 Å². The van der Waals surface area contributed by atoms with Crippen molar-refractivity contribution in [1.29, 1.82) is 0 Å². The number of thiazole rings is 1. The van der Waals surface area contributed by atoms with Crippen molar-refractivity contribution in [3.63, 3.8) is 0 Å². The van der Waals surface area contributed by atoms with Gasteiger partial charge in [0.15, 0.2) is 5.60 Å². The summed E-state index contributed by atoms with van der Waals surface area (Å²) in [4.78, 5) is 11.8. The van der Waals surface area contributed by atoms with Crippen molar-refractivity contribution in [3.05, 3.63) is 52.9 Å². The van der Waals surface area contributed by atoms with Crippen LogP contribution in [0, 0.1) is 5.92 Å². The first kappa shape index (κ1) is 17.9. The number of para-hydroxylation sites is 1. The predicted octanol–water partition coefficient (Wildman–Crippen LogP) is 4.55. The number of likely N-dealkylation sites (tertiary alicyclic amines) is 1. The lowest BCUT2D eigenvalue weighted by Crippen LogP contribution is -2.48. The number of piperidine rings is 1. The minimum Gasteiger partial charge on any atom is -0.480 e. The Balaban J connectivity index is 1.48. The first-order valence-electron chi connectivity index (χ1n) is 10.1. The van der Waals surface area contributed by atoms with Crippen molar-refractivity contribution in [2.24, 2.45) is 5.92 Å². The summed E-state index contributed by atoms with van der Waals surface area (Å²) in [7, 11) is 0. The maximum absolute atomic E-state index is 6.75. The molecule has 0 radical (unpaired) electrons. The highest BCUT2D eigenvalue weighted by atomic mass is 32.1. The number of ether oxygens (including phenoxy) is 1. The van der Waals surface area contributed by atoms with Crippen LogP contribution in [0.5, 0.6) is 5.75 Å². The highest BCUT2D eigenvalue weighted by molar-refractivity contribution is 7.09. The van der Waals surface area contributed by atoms with Crippen LogP contribution in [0.2, 0.25) is 0 Å². The number of hydrogen-bond donors (Lipinski definition) is 0. The van der Waals surface area contributed by atoms with Crippen molar-refractivity contribution in [2.45, 2.75) is 45.4 Å². The van der Waals surface area contributed by atoms with Crippen molar-refractivity contribution in [3.8, 4) is 17.0 Å². The lowest BCUT2D eigenvalue weighted by Gasteiger charge is -2.44. The standard InChI is InChI=1S/C22H26N4OS/c1-16(2)13-26-15-24-20-17-5-3-4-6-18(17)27-22(21(20)26)7-10-25(11-8-22)14-19-23-9-12-28-19/h3-6,9,12,15-16H,7-8,10-11,13-14H2,1-2H3. The quantitative estimate of drug-likeness (QED) is 0.651. The zero-order chi connectivity index (χ0) is 19.1. The van der Waals surface area contributed by atoms with E-state index in [2.05, 4.69) is 57.9 Å². The third-order valence-corrected chi connectivity index (χ3v) is 6.55. The van der Waals surface area contributed by atoms with E-state index >= 15 is 0 Å². The molecule has 2 aliphatic rings. The van der Waals surface area contributed by atoms with Crippen molar-refractivity contribution in [2.75, 3.05) is 13.1 Å². The van der Waals surface area contributed by atoms with Crippen LogP contribution in [0.1, 0.15) is 37.4 Å². The first-order chi connectivity index (χ1) is 13.6. The van der Waals surface area contributed by atoms with Crippen LogP contribution in [-0.4, -0.2) is 32.5 Å². The van der Waals surface area contributed by atoms with E-state index in [0.717, 1.165) is 56.0 Å². The van der Waals surface area contributed by atoms with Gasteiger partial charge in [0.1, 0.15) is 10.8 Å². The molecule has 0 saturated carbocycles. The van der Waals surface area contributed by atoms with Gasteiger partial charge < -0.3 is 9.30 Å². The Labute approximate surface area is 170 Å². The molecule has 0 amide bonds. The van der Waals surface area contributed by atoms with Gasteiger partial charge in [-0.2, -0.15) is 0 Å². The van der Waals surface area contributed by atoms with E-state index in [4.69, 9.17) is 9.72 Å². The van der Waals surface area contributed by atoms with Crippen LogP contribution in [0.15, 0.2) is 42.2 Å². The van der Waals surface area contributed by atoms with Crippen LogP contribution in [0.4, 0.5) is 0 Å².